The van der Waals surface area contributed by atoms with E-state index in [1.807, 2.05) is 6.92 Å². The minimum Gasteiger partial charge on any atom is -0.497 e. The molecular formula is C18H21N3O4. The van der Waals surface area contributed by atoms with Gasteiger partial charge in [0.05, 0.1) is 13.4 Å². The SMILES string of the molecule is COc1ccc(NC(=O)N2CCN(C(=O)c3ccco3)CC2C)cc1. The first kappa shape index (κ1) is 16.9. The normalized spacial score (nSPS) is 17.3. The maximum Gasteiger partial charge on any atom is 0.322 e. The maximum atomic E-state index is 12.5. The van der Waals surface area contributed by atoms with Crippen LogP contribution in [0.2, 0.25) is 0 Å². The molecule has 1 aromatic heterocycles. The molecule has 0 bridgehead atoms. The van der Waals surface area contributed by atoms with Crippen molar-refractivity contribution >= 4 is 17.6 Å². The van der Waals surface area contributed by atoms with Crippen LogP contribution in [0.1, 0.15) is 17.5 Å². The Bertz CT molecular complexity index is 727. The van der Waals surface area contributed by atoms with E-state index in [9.17, 15) is 9.59 Å². The smallest absolute Gasteiger partial charge is 0.322 e. The van der Waals surface area contributed by atoms with Crippen LogP contribution in [0.5, 0.6) is 5.75 Å². The van der Waals surface area contributed by atoms with Crippen LogP contribution in [0.25, 0.3) is 0 Å². The Balaban J connectivity index is 1.58. The van der Waals surface area contributed by atoms with E-state index in [0.717, 1.165) is 5.75 Å². The van der Waals surface area contributed by atoms with E-state index < -0.39 is 0 Å². The number of urea groups is 1. The zero-order valence-electron chi connectivity index (χ0n) is 14.3. The van der Waals surface area contributed by atoms with Gasteiger partial charge in [-0.1, -0.05) is 0 Å². The molecule has 1 aromatic carbocycles. The van der Waals surface area contributed by atoms with Crippen LogP contribution in [0, 0.1) is 0 Å². The largest absolute Gasteiger partial charge is 0.497 e. The number of piperazine rings is 1. The maximum absolute atomic E-state index is 12.5. The molecule has 0 aliphatic carbocycles. The summed E-state index contributed by atoms with van der Waals surface area (Å²) in [6.45, 7) is 3.33. The second kappa shape index (κ2) is 7.29. The first-order valence-corrected chi connectivity index (χ1v) is 8.13. The monoisotopic (exact) mass is 343 g/mol. The summed E-state index contributed by atoms with van der Waals surface area (Å²) < 4.78 is 10.3. The Morgan fingerprint density at radius 2 is 1.96 bits per heavy atom. The number of rotatable bonds is 3. The summed E-state index contributed by atoms with van der Waals surface area (Å²) in [6, 6.07) is 10.2. The highest BCUT2D eigenvalue weighted by atomic mass is 16.5. The van der Waals surface area contributed by atoms with E-state index in [1.54, 1.807) is 53.3 Å². The molecule has 2 heterocycles. The third kappa shape index (κ3) is 3.76. The van der Waals surface area contributed by atoms with Gasteiger partial charge in [-0.3, -0.25) is 4.79 Å². The Hall–Kier alpha value is -2.96. The summed E-state index contributed by atoms with van der Waals surface area (Å²) in [5, 5.41) is 2.87. The molecule has 0 saturated carbocycles. The summed E-state index contributed by atoms with van der Waals surface area (Å²) >= 11 is 0. The number of anilines is 1. The molecule has 25 heavy (non-hydrogen) atoms. The summed E-state index contributed by atoms with van der Waals surface area (Å²) in [4.78, 5) is 28.3. The van der Waals surface area contributed by atoms with Gasteiger partial charge in [0.25, 0.3) is 5.91 Å². The number of hydrogen-bond donors (Lipinski definition) is 1. The van der Waals surface area contributed by atoms with Gasteiger partial charge in [-0.25, -0.2) is 4.79 Å². The fourth-order valence-electron chi connectivity index (χ4n) is 2.87. The fourth-order valence-corrected chi connectivity index (χ4v) is 2.87. The number of nitrogens with one attached hydrogen (secondary N) is 1. The van der Waals surface area contributed by atoms with Gasteiger partial charge < -0.3 is 24.3 Å². The number of nitrogens with zero attached hydrogens (tertiary/aromatic N) is 2. The number of ether oxygens (including phenoxy) is 1. The van der Waals surface area contributed by atoms with Gasteiger partial charge in [0.2, 0.25) is 0 Å². The van der Waals surface area contributed by atoms with Crippen LogP contribution >= 0.6 is 0 Å². The van der Waals surface area contributed by atoms with Crippen LogP contribution in [-0.4, -0.2) is 54.5 Å². The van der Waals surface area contributed by atoms with Crippen molar-refractivity contribution in [2.75, 3.05) is 32.1 Å². The van der Waals surface area contributed by atoms with E-state index in [-0.39, 0.29) is 18.0 Å². The van der Waals surface area contributed by atoms with Crippen molar-refractivity contribution in [2.45, 2.75) is 13.0 Å². The van der Waals surface area contributed by atoms with Crippen molar-refractivity contribution in [3.8, 4) is 5.75 Å². The van der Waals surface area contributed by atoms with Crippen molar-refractivity contribution in [3.63, 3.8) is 0 Å². The minimum atomic E-state index is -0.178. The lowest BCUT2D eigenvalue weighted by atomic mass is 10.2. The molecule has 1 N–H and O–H groups in total. The first-order chi connectivity index (χ1) is 12.1. The molecular weight excluding hydrogens is 322 g/mol. The standard InChI is InChI=1S/C18H21N3O4/c1-13-12-20(17(22)16-4-3-11-25-16)9-10-21(13)18(23)19-14-5-7-15(24-2)8-6-14/h3-8,11,13H,9-10,12H2,1-2H3,(H,19,23). The lowest BCUT2D eigenvalue weighted by molar-refractivity contribution is 0.0563. The third-order valence-electron chi connectivity index (χ3n) is 4.25. The third-order valence-corrected chi connectivity index (χ3v) is 4.25. The highest BCUT2D eigenvalue weighted by molar-refractivity contribution is 5.92. The van der Waals surface area contributed by atoms with E-state index in [2.05, 4.69) is 5.32 Å². The average Bonchev–Trinajstić information content (AvgIpc) is 3.16. The molecule has 0 spiro atoms. The topological polar surface area (TPSA) is 75.0 Å². The van der Waals surface area contributed by atoms with Crippen LogP contribution < -0.4 is 10.1 Å². The number of carbonyl (C=O) groups is 2. The zero-order chi connectivity index (χ0) is 17.8. The first-order valence-electron chi connectivity index (χ1n) is 8.13. The lowest BCUT2D eigenvalue weighted by Crippen LogP contribution is -2.56. The number of amides is 3. The lowest BCUT2D eigenvalue weighted by Gasteiger charge is -2.39. The predicted octanol–water partition coefficient (Wildman–Crippen LogP) is 2.67. The van der Waals surface area contributed by atoms with E-state index >= 15 is 0 Å². The summed E-state index contributed by atoms with van der Waals surface area (Å²) in [6.07, 6.45) is 1.48. The molecule has 1 atom stereocenters. The van der Waals surface area contributed by atoms with E-state index in [1.165, 1.54) is 6.26 Å². The molecule has 1 aliphatic rings. The Morgan fingerprint density at radius 3 is 2.56 bits per heavy atom. The van der Waals surface area contributed by atoms with Gasteiger partial charge in [-0.05, 0) is 43.3 Å². The van der Waals surface area contributed by atoms with Gasteiger partial charge in [-0.15, -0.1) is 0 Å². The average molecular weight is 343 g/mol. The summed E-state index contributed by atoms with van der Waals surface area (Å²) in [7, 11) is 1.60. The highest BCUT2D eigenvalue weighted by Crippen LogP contribution is 2.18. The van der Waals surface area contributed by atoms with Gasteiger partial charge in [-0.2, -0.15) is 0 Å². The number of hydrogen-bond acceptors (Lipinski definition) is 4. The molecule has 1 unspecified atom stereocenters. The van der Waals surface area contributed by atoms with Crippen LogP contribution in [0.3, 0.4) is 0 Å². The van der Waals surface area contributed by atoms with Crippen LogP contribution in [-0.2, 0) is 0 Å². The quantitative estimate of drug-likeness (QED) is 0.930. The molecule has 7 nitrogen and oxygen atoms in total. The second-order valence-corrected chi connectivity index (χ2v) is 5.93. The predicted molar refractivity (Wildman–Crippen MR) is 92.8 cm³/mol. The zero-order valence-corrected chi connectivity index (χ0v) is 14.3. The van der Waals surface area contributed by atoms with Gasteiger partial charge in [0.1, 0.15) is 5.75 Å². The Morgan fingerprint density at radius 1 is 1.20 bits per heavy atom. The summed E-state index contributed by atoms with van der Waals surface area (Å²) in [5.41, 5.74) is 0.701. The van der Waals surface area contributed by atoms with Gasteiger partial charge in [0.15, 0.2) is 5.76 Å². The van der Waals surface area contributed by atoms with E-state index in [4.69, 9.17) is 9.15 Å². The fraction of sp³-hybridized carbons (Fsp3) is 0.333. The van der Waals surface area contributed by atoms with Crippen molar-refractivity contribution < 1.29 is 18.7 Å². The molecule has 1 fully saturated rings. The number of furan rings is 1. The summed E-state index contributed by atoms with van der Waals surface area (Å²) in [5.74, 6) is 0.909. The van der Waals surface area contributed by atoms with Crippen molar-refractivity contribution in [1.82, 2.24) is 9.80 Å². The van der Waals surface area contributed by atoms with Gasteiger partial charge >= 0.3 is 6.03 Å². The molecule has 2 aromatic rings. The number of carbonyl (C=O) groups excluding carboxylic acids is 2. The van der Waals surface area contributed by atoms with Crippen LogP contribution in [0.15, 0.2) is 47.1 Å². The molecule has 1 aliphatic heterocycles. The molecule has 132 valence electrons. The van der Waals surface area contributed by atoms with Crippen molar-refractivity contribution in [3.05, 3.63) is 48.4 Å². The second-order valence-electron chi connectivity index (χ2n) is 5.93. The Labute approximate surface area is 146 Å². The number of benzene rings is 1. The Kier molecular flexibility index (Phi) is 4.92. The molecule has 7 heteroatoms. The van der Waals surface area contributed by atoms with Crippen LogP contribution in [0.4, 0.5) is 10.5 Å². The van der Waals surface area contributed by atoms with Crippen molar-refractivity contribution in [1.29, 1.82) is 0 Å². The molecule has 3 amide bonds. The number of methoxy groups -OCH3 is 1. The minimum absolute atomic E-state index is 0.0917. The molecule has 0 radical (unpaired) electrons. The molecule has 1 saturated heterocycles. The van der Waals surface area contributed by atoms with Gasteiger partial charge in [0, 0.05) is 31.4 Å². The molecule has 3 rings (SSSR count). The van der Waals surface area contributed by atoms with Crippen molar-refractivity contribution in [2.24, 2.45) is 0 Å². The van der Waals surface area contributed by atoms with E-state index in [0.29, 0.717) is 31.1 Å². The highest BCUT2D eigenvalue weighted by Gasteiger charge is 2.31.